The number of aromatic nitrogens is 3. The monoisotopic (exact) mass is 532 g/mol. The summed E-state index contributed by atoms with van der Waals surface area (Å²) in [5.41, 5.74) is 2.33. The predicted molar refractivity (Wildman–Crippen MR) is 151 cm³/mol. The van der Waals surface area contributed by atoms with Gasteiger partial charge in [-0.3, -0.25) is 0 Å². The highest BCUT2D eigenvalue weighted by Crippen LogP contribution is 2.47. The quantitative estimate of drug-likeness (QED) is 0.386. The van der Waals surface area contributed by atoms with Crippen molar-refractivity contribution < 1.29 is 13.9 Å². The molecule has 1 atom stereocenters. The van der Waals surface area contributed by atoms with E-state index in [1.807, 2.05) is 13.0 Å². The molecule has 0 radical (unpaired) electrons. The van der Waals surface area contributed by atoms with Gasteiger partial charge >= 0.3 is 6.01 Å². The van der Waals surface area contributed by atoms with Gasteiger partial charge in [-0.05, 0) is 70.0 Å². The van der Waals surface area contributed by atoms with E-state index in [9.17, 15) is 0 Å². The van der Waals surface area contributed by atoms with E-state index in [2.05, 4.69) is 28.6 Å². The molecule has 8 nitrogen and oxygen atoms in total. The average Bonchev–Trinajstić information content (AvgIpc) is 3.68. The molecule has 2 aromatic heterocycles. The van der Waals surface area contributed by atoms with E-state index < -0.39 is 5.82 Å². The number of ether oxygens (including phenoxy) is 2. The number of piperazine rings is 1. The largest absolute Gasteiger partial charge is 0.489 e. The van der Waals surface area contributed by atoms with Crippen molar-refractivity contribution >= 4 is 16.9 Å². The van der Waals surface area contributed by atoms with Crippen LogP contribution in [0.15, 0.2) is 36.9 Å². The van der Waals surface area contributed by atoms with E-state index in [1.165, 1.54) is 38.4 Å². The molecule has 0 unspecified atom stereocenters. The van der Waals surface area contributed by atoms with Crippen molar-refractivity contribution in [2.75, 3.05) is 57.4 Å². The number of nitrogens with one attached hydrogen (secondary N) is 1. The van der Waals surface area contributed by atoms with E-state index in [1.54, 1.807) is 18.2 Å². The minimum absolute atomic E-state index is 0.192. The molecule has 0 bridgehead atoms. The number of hydrogen-bond acceptors (Lipinski definition) is 8. The fourth-order valence-corrected chi connectivity index (χ4v) is 5.57. The van der Waals surface area contributed by atoms with Gasteiger partial charge in [0.25, 0.3) is 0 Å². The average molecular weight is 533 g/mol. The van der Waals surface area contributed by atoms with E-state index >= 15 is 4.39 Å². The molecule has 1 saturated carbocycles. The van der Waals surface area contributed by atoms with Crippen molar-refractivity contribution in [2.24, 2.45) is 5.41 Å². The van der Waals surface area contributed by atoms with Gasteiger partial charge in [0.15, 0.2) is 5.65 Å². The van der Waals surface area contributed by atoms with Crippen molar-refractivity contribution in [2.45, 2.75) is 39.2 Å². The fourth-order valence-electron chi connectivity index (χ4n) is 5.57. The van der Waals surface area contributed by atoms with Gasteiger partial charge in [0.1, 0.15) is 24.0 Å². The Morgan fingerprint density at radius 3 is 2.74 bits per heavy atom. The standard InChI is InChI=1S/C30H37FN6O2/c1-4-15-38-24-8-5-7-23(31)25(24)26-20(2)16-22-27(33-26)34-29(35-28(22)37-14-11-32-17-21(37)3)39-19-30(9-10-30)18-36-12-6-13-36/h4-5,7-8,16,21,32H,1,6,9-15,17-19H2,2-3H3/t21-/m1/s1. The molecule has 4 heterocycles. The van der Waals surface area contributed by atoms with Crippen LogP contribution < -0.4 is 19.7 Å². The molecular weight excluding hydrogens is 495 g/mol. The van der Waals surface area contributed by atoms with Gasteiger partial charge in [0, 0.05) is 37.6 Å². The number of halogens is 1. The molecule has 1 N–H and O–H groups in total. The molecule has 39 heavy (non-hydrogen) atoms. The number of anilines is 1. The van der Waals surface area contributed by atoms with E-state index in [0.717, 1.165) is 42.9 Å². The number of rotatable bonds is 10. The van der Waals surface area contributed by atoms with Gasteiger partial charge in [-0.15, -0.1) is 0 Å². The Morgan fingerprint density at radius 1 is 1.18 bits per heavy atom. The van der Waals surface area contributed by atoms with Crippen molar-refractivity contribution in [3.63, 3.8) is 0 Å². The van der Waals surface area contributed by atoms with Gasteiger partial charge in [-0.2, -0.15) is 9.97 Å². The van der Waals surface area contributed by atoms with Crippen LogP contribution in [-0.2, 0) is 0 Å². The second kappa shape index (κ2) is 10.7. The molecule has 1 aromatic carbocycles. The Bertz CT molecular complexity index is 1370. The number of nitrogens with zero attached hydrogens (tertiary/aromatic N) is 5. The lowest BCUT2D eigenvalue weighted by Crippen LogP contribution is -2.50. The van der Waals surface area contributed by atoms with Crippen molar-refractivity contribution in [1.82, 2.24) is 25.2 Å². The minimum Gasteiger partial charge on any atom is -0.489 e. The van der Waals surface area contributed by atoms with Crippen molar-refractivity contribution in [1.29, 1.82) is 0 Å². The Kier molecular flexibility index (Phi) is 7.12. The summed E-state index contributed by atoms with van der Waals surface area (Å²) in [5, 5.41) is 4.29. The molecule has 3 fully saturated rings. The summed E-state index contributed by atoms with van der Waals surface area (Å²) < 4.78 is 27.3. The maximum atomic E-state index is 15.2. The minimum atomic E-state index is -0.394. The normalized spacial score (nSPS) is 20.5. The van der Waals surface area contributed by atoms with Crippen LogP contribution >= 0.6 is 0 Å². The van der Waals surface area contributed by atoms with E-state index in [-0.39, 0.29) is 18.1 Å². The summed E-state index contributed by atoms with van der Waals surface area (Å²) in [6, 6.07) is 7.41. The maximum Gasteiger partial charge on any atom is 0.320 e. The number of fused-ring (bicyclic) bond motifs is 1. The van der Waals surface area contributed by atoms with Crippen LogP contribution in [0.2, 0.25) is 0 Å². The second-order valence-corrected chi connectivity index (χ2v) is 11.2. The first-order valence-corrected chi connectivity index (χ1v) is 14.0. The smallest absolute Gasteiger partial charge is 0.320 e. The van der Waals surface area contributed by atoms with Crippen LogP contribution in [0.4, 0.5) is 10.2 Å². The SMILES string of the molecule is C=CCOc1cccc(F)c1-c1nc2nc(OCC3(CN4CCC4)CC3)nc(N3CCNC[C@H]3C)c2cc1C. The van der Waals surface area contributed by atoms with Crippen LogP contribution in [0.1, 0.15) is 31.7 Å². The zero-order valence-corrected chi connectivity index (χ0v) is 22.9. The highest BCUT2D eigenvalue weighted by Gasteiger charge is 2.45. The third-order valence-electron chi connectivity index (χ3n) is 8.15. The number of benzene rings is 1. The molecule has 3 aromatic rings. The van der Waals surface area contributed by atoms with Gasteiger partial charge in [-0.25, -0.2) is 9.37 Å². The molecule has 2 aliphatic heterocycles. The summed E-state index contributed by atoms with van der Waals surface area (Å²) in [4.78, 5) is 19.4. The molecule has 9 heteroatoms. The molecule has 206 valence electrons. The van der Waals surface area contributed by atoms with E-state index in [0.29, 0.717) is 35.3 Å². The molecule has 3 aliphatic rings. The summed E-state index contributed by atoms with van der Waals surface area (Å²) in [5.74, 6) is 0.845. The maximum absolute atomic E-state index is 15.2. The Morgan fingerprint density at radius 2 is 2.03 bits per heavy atom. The Balaban J connectivity index is 1.41. The van der Waals surface area contributed by atoms with Crippen LogP contribution in [0, 0.1) is 18.2 Å². The summed E-state index contributed by atoms with van der Waals surface area (Å²) in [6.07, 6.45) is 5.26. The number of hydrogen-bond donors (Lipinski definition) is 1. The number of likely N-dealkylation sites (tertiary alicyclic amines) is 1. The molecule has 2 saturated heterocycles. The Hall–Kier alpha value is -3.30. The van der Waals surface area contributed by atoms with Crippen molar-refractivity contribution in [3.05, 3.63) is 48.3 Å². The topological polar surface area (TPSA) is 75.6 Å². The highest BCUT2D eigenvalue weighted by atomic mass is 19.1. The Labute approximate surface area is 229 Å². The van der Waals surface area contributed by atoms with E-state index in [4.69, 9.17) is 24.4 Å². The highest BCUT2D eigenvalue weighted by molar-refractivity contribution is 5.91. The summed E-state index contributed by atoms with van der Waals surface area (Å²) in [6.45, 7) is 14.7. The first-order valence-electron chi connectivity index (χ1n) is 14.0. The predicted octanol–water partition coefficient (Wildman–Crippen LogP) is 4.37. The first kappa shape index (κ1) is 26.0. The number of aryl methyl sites for hydroxylation is 1. The lowest BCUT2D eigenvalue weighted by Gasteiger charge is -2.35. The molecule has 1 aliphatic carbocycles. The summed E-state index contributed by atoms with van der Waals surface area (Å²) in [7, 11) is 0. The first-order chi connectivity index (χ1) is 19.0. The third kappa shape index (κ3) is 5.30. The zero-order valence-electron chi connectivity index (χ0n) is 22.9. The van der Waals surface area contributed by atoms with Crippen LogP contribution in [0.25, 0.3) is 22.3 Å². The third-order valence-corrected chi connectivity index (χ3v) is 8.15. The van der Waals surface area contributed by atoms with Crippen LogP contribution in [-0.4, -0.2) is 78.4 Å². The van der Waals surface area contributed by atoms with Crippen molar-refractivity contribution in [3.8, 4) is 23.0 Å². The molecular formula is C30H37FN6O2. The van der Waals surface area contributed by atoms with Crippen LogP contribution in [0.5, 0.6) is 11.8 Å². The second-order valence-electron chi connectivity index (χ2n) is 11.2. The van der Waals surface area contributed by atoms with Crippen LogP contribution in [0.3, 0.4) is 0 Å². The zero-order chi connectivity index (χ0) is 27.0. The lowest BCUT2D eigenvalue weighted by atomic mass is 10.0. The molecule has 0 amide bonds. The molecule has 6 rings (SSSR count). The summed E-state index contributed by atoms with van der Waals surface area (Å²) >= 11 is 0. The molecule has 0 spiro atoms. The van der Waals surface area contributed by atoms with Gasteiger partial charge in [0.05, 0.1) is 23.3 Å². The number of pyridine rings is 1. The van der Waals surface area contributed by atoms with Gasteiger partial charge in [0.2, 0.25) is 0 Å². The van der Waals surface area contributed by atoms with Gasteiger partial charge < -0.3 is 24.6 Å². The van der Waals surface area contributed by atoms with Gasteiger partial charge in [-0.1, -0.05) is 18.7 Å². The lowest BCUT2D eigenvalue weighted by molar-refractivity contribution is 0.111. The fraction of sp³-hybridized carbons (Fsp3) is 0.500.